The molecule has 1 N–H and O–H groups in total. The lowest BCUT2D eigenvalue weighted by Gasteiger charge is -2.05. The van der Waals surface area contributed by atoms with Gasteiger partial charge in [-0.05, 0) is 54.5 Å². The molecule has 0 spiro atoms. The number of hydrogen-bond donors (Lipinski definition) is 1. The summed E-state index contributed by atoms with van der Waals surface area (Å²) >= 11 is 0. The van der Waals surface area contributed by atoms with Gasteiger partial charge in [0.05, 0.1) is 12.2 Å². The van der Waals surface area contributed by atoms with Gasteiger partial charge in [0.15, 0.2) is 11.5 Å². The minimum atomic E-state index is -0.368. The quantitative estimate of drug-likeness (QED) is 0.634. The summed E-state index contributed by atoms with van der Waals surface area (Å²) in [6, 6.07) is 12.0. The molecule has 26 heavy (non-hydrogen) atoms. The van der Waals surface area contributed by atoms with Crippen molar-refractivity contribution >= 4 is 23.6 Å². The molecule has 2 aromatic rings. The number of fused-ring (bicyclic) bond motifs is 1. The molecule has 134 valence electrons. The van der Waals surface area contributed by atoms with Gasteiger partial charge in [-0.25, -0.2) is 4.79 Å². The van der Waals surface area contributed by atoms with E-state index in [0.29, 0.717) is 29.4 Å². The number of carbonyl (C=O) groups is 2. The van der Waals surface area contributed by atoms with Crippen molar-refractivity contribution in [2.45, 2.75) is 13.3 Å². The molecule has 2 aromatic carbocycles. The fraction of sp³-hybridized carbons (Fsp3) is 0.200. The highest BCUT2D eigenvalue weighted by molar-refractivity contribution is 6.02. The molecule has 0 bridgehead atoms. The van der Waals surface area contributed by atoms with E-state index >= 15 is 0 Å². The highest BCUT2D eigenvalue weighted by Gasteiger charge is 2.12. The van der Waals surface area contributed by atoms with Crippen LogP contribution in [0.4, 0.5) is 5.69 Å². The third kappa shape index (κ3) is 4.42. The van der Waals surface area contributed by atoms with Gasteiger partial charge in [0.25, 0.3) is 0 Å². The van der Waals surface area contributed by atoms with Crippen LogP contribution in [-0.4, -0.2) is 25.3 Å². The van der Waals surface area contributed by atoms with Gasteiger partial charge in [0.1, 0.15) is 0 Å². The van der Waals surface area contributed by atoms with E-state index in [9.17, 15) is 9.59 Å². The number of benzene rings is 2. The van der Waals surface area contributed by atoms with Crippen LogP contribution in [0.3, 0.4) is 0 Å². The molecule has 1 heterocycles. The zero-order valence-electron chi connectivity index (χ0n) is 14.4. The maximum atomic E-state index is 12.0. The summed E-state index contributed by atoms with van der Waals surface area (Å²) in [4.78, 5) is 23.8. The van der Waals surface area contributed by atoms with Crippen molar-refractivity contribution in [2.24, 2.45) is 0 Å². The molecule has 3 rings (SSSR count). The minimum absolute atomic E-state index is 0.213. The second kappa shape index (κ2) is 8.20. The van der Waals surface area contributed by atoms with Gasteiger partial charge < -0.3 is 19.5 Å². The van der Waals surface area contributed by atoms with E-state index in [1.165, 1.54) is 6.08 Å². The molecular weight excluding hydrogens is 334 g/mol. The van der Waals surface area contributed by atoms with E-state index in [0.717, 1.165) is 12.0 Å². The first-order chi connectivity index (χ1) is 12.7. The summed E-state index contributed by atoms with van der Waals surface area (Å²) in [5.41, 5.74) is 1.88. The Morgan fingerprint density at radius 2 is 1.88 bits per heavy atom. The van der Waals surface area contributed by atoms with E-state index < -0.39 is 0 Å². The first-order valence-electron chi connectivity index (χ1n) is 8.31. The standard InChI is InChI=1S/C20H19NO5/c1-2-11-24-20(23)15-5-7-16(8-6-15)21-19(22)10-4-14-3-9-17-18(12-14)26-13-25-17/h3-10,12H,2,11,13H2,1H3,(H,21,22). The predicted molar refractivity (Wildman–Crippen MR) is 97.2 cm³/mol. The summed E-state index contributed by atoms with van der Waals surface area (Å²) in [5.74, 6) is 0.721. The fourth-order valence-electron chi connectivity index (χ4n) is 2.34. The molecule has 0 fully saturated rings. The lowest BCUT2D eigenvalue weighted by atomic mass is 10.2. The zero-order valence-corrected chi connectivity index (χ0v) is 14.4. The number of ether oxygens (including phenoxy) is 3. The van der Waals surface area contributed by atoms with E-state index in [1.54, 1.807) is 36.4 Å². The van der Waals surface area contributed by atoms with Crippen molar-refractivity contribution in [2.75, 3.05) is 18.7 Å². The Morgan fingerprint density at radius 1 is 1.12 bits per heavy atom. The first-order valence-corrected chi connectivity index (χ1v) is 8.31. The van der Waals surface area contributed by atoms with Gasteiger partial charge >= 0.3 is 5.97 Å². The van der Waals surface area contributed by atoms with Crippen LogP contribution in [-0.2, 0) is 9.53 Å². The Hall–Kier alpha value is -3.28. The number of esters is 1. The van der Waals surface area contributed by atoms with E-state index in [-0.39, 0.29) is 18.7 Å². The first kappa shape index (κ1) is 17.5. The number of nitrogens with one attached hydrogen (secondary N) is 1. The maximum Gasteiger partial charge on any atom is 0.338 e. The Bertz CT molecular complexity index is 827. The largest absolute Gasteiger partial charge is 0.462 e. The third-order valence-electron chi connectivity index (χ3n) is 3.65. The van der Waals surface area contributed by atoms with E-state index in [4.69, 9.17) is 14.2 Å². The van der Waals surface area contributed by atoms with Gasteiger partial charge in [0, 0.05) is 11.8 Å². The van der Waals surface area contributed by atoms with Crippen LogP contribution in [0, 0.1) is 0 Å². The van der Waals surface area contributed by atoms with Crippen LogP contribution < -0.4 is 14.8 Å². The third-order valence-corrected chi connectivity index (χ3v) is 3.65. The zero-order chi connectivity index (χ0) is 18.4. The summed E-state index contributed by atoms with van der Waals surface area (Å²) in [7, 11) is 0. The molecule has 0 saturated carbocycles. The highest BCUT2D eigenvalue weighted by atomic mass is 16.7. The van der Waals surface area contributed by atoms with Crippen molar-refractivity contribution < 1.29 is 23.8 Å². The fourth-order valence-corrected chi connectivity index (χ4v) is 2.34. The average Bonchev–Trinajstić information content (AvgIpc) is 3.13. The van der Waals surface area contributed by atoms with Crippen molar-refractivity contribution in [1.29, 1.82) is 0 Å². The number of amides is 1. The summed E-state index contributed by atoms with van der Waals surface area (Å²) < 4.78 is 15.6. The normalized spacial score (nSPS) is 12.2. The van der Waals surface area contributed by atoms with Crippen molar-refractivity contribution in [1.82, 2.24) is 0 Å². The summed E-state index contributed by atoms with van der Waals surface area (Å²) in [6.45, 7) is 2.54. The van der Waals surface area contributed by atoms with Gasteiger partial charge in [-0.2, -0.15) is 0 Å². The van der Waals surface area contributed by atoms with Crippen LogP contribution in [0.5, 0.6) is 11.5 Å². The summed E-state index contributed by atoms with van der Waals surface area (Å²) in [6.07, 6.45) is 3.89. The monoisotopic (exact) mass is 353 g/mol. The second-order valence-corrected chi connectivity index (χ2v) is 5.65. The Kier molecular flexibility index (Phi) is 5.53. The second-order valence-electron chi connectivity index (χ2n) is 5.65. The summed E-state index contributed by atoms with van der Waals surface area (Å²) in [5, 5.41) is 2.74. The molecular formula is C20H19NO5. The van der Waals surface area contributed by atoms with Crippen molar-refractivity contribution in [3.63, 3.8) is 0 Å². The Morgan fingerprint density at radius 3 is 2.65 bits per heavy atom. The van der Waals surface area contributed by atoms with Gasteiger partial charge in [-0.15, -0.1) is 0 Å². The topological polar surface area (TPSA) is 73.9 Å². The van der Waals surface area contributed by atoms with Crippen molar-refractivity contribution in [3.8, 4) is 11.5 Å². The SMILES string of the molecule is CCCOC(=O)c1ccc(NC(=O)C=Cc2ccc3c(c2)OCO3)cc1. The van der Waals surface area contributed by atoms with Crippen LogP contribution in [0.25, 0.3) is 6.08 Å². The molecule has 1 amide bonds. The Balaban J connectivity index is 1.57. The molecule has 0 radical (unpaired) electrons. The number of carbonyl (C=O) groups excluding carboxylic acids is 2. The van der Waals surface area contributed by atoms with Gasteiger partial charge in [-0.3, -0.25) is 4.79 Å². The molecule has 6 heteroatoms. The number of anilines is 1. The molecule has 1 aliphatic rings. The van der Waals surface area contributed by atoms with Crippen LogP contribution in [0.15, 0.2) is 48.5 Å². The van der Waals surface area contributed by atoms with Crippen LogP contribution in [0.1, 0.15) is 29.3 Å². The maximum absolute atomic E-state index is 12.0. The smallest absolute Gasteiger partial charge is 0.338 e. The van der Waals surface area contributed by atoms with Crippen molar-refractivity contribution in [3.05, 3.63) is 59.7 Å². The highest BCUT2D eigenvalue weighted by Crippen LogP contribution is 2.32. The molecule has 0 unspecified atom stereocenters. The minimum Gasteiger partial charge on any atom is -0.462 e. The van der Waals surface area contributed by atoms with Gasteiger partial charge in [0.2, 0.25) is 12.7 Å². The lowest BCUT2D eigenvalue weighted by molar-refractivity contribution is -0.111. The number of rotatable bonds is 6. The average molecular weight is 353 g/mol. The molecule has 0 aliphatic carbocycles. The van der Waals surface area contributed by atoms with Crippen LogP contribution in [0.2, 0.25) is 0 Å². The van der Waals surface area contributed by atoms with Gasteiger partial charge in [-0.1, -0.05) is 13.0 Å². The Labute approximate surface area is 151 Å². The molecule has 6 nitrogen and oxygen atoms in total. The molecule has 0 aromatic heterocycles. The molecule has 0 atom stereocenters. The van der Waals surface area contributed by atoms with E-state index in [1.807, 2.05) is 19.1 Å². The van der Waals surface area contributed by atoms with Crippen LogP contribution >= 0.6 is 0 Å². The lowest BCUT2D eigenvalue weighted by Crippen LogP contribution is -2.09. The molecule has 0 saturated heterocycles. The van der Waals surface area contributed by atoms with E-state index in [2.05, 4.69) is 5.32 Å². The number of hydrogen-bond acceptors (Lipinski definition) is 5. The predicted octanol–water partition coefficient (Wildman–Crippen LogP) is 3.63. The molecule has 1 aliphatic heterocycles.